The van der Waals surface area contributed by atoms with Gasteiger partial charge in [0.2, 0.25) is 0 Å². The van der Waals surface area contributed by atoms with Gasteiger partial charge in [-0.2, -0.15) is 0 Å². The van der Waals surface area contributed by atoms with Crippen molar-refractivity contribution >= 4 is 50.6 Å². The van der Waals surface area contributed by atoms with Crippen molar-refractivity contribution in [2.75, 3.05) is 4.90 Å². The molecular weight excluding hydrogens is 409 g/mol. The van der Waals surface area contributed by atoms with Crippen LogP contribution in [0.4, 0.5) is 10.1 Å². The predicted molar refractivity (Wildman–Crippen MR) is 119 cm³/mol. The first-order valence-electron chi connectivity index (χ1n) is 9.97. The van der Waals surface area contributed by atoms with Crippen LogP contribution in [0.15, 0.2) is 93.8 Å². The summed E-state index contributed by atoms with van der Waals surface area (Å²) in [6.07, 6.45) is 0. The maximum atomic E-state index is 13.3. The minimum Gasteiger partial charge on any atom is -0.453 e. The van der Waals surface area contributed by atoms with Gasteiger partial charge in [-0.05, 0) is 48.5 Å². The highest BCUT2D eigenvalue weighted by Crippen LogP contribution is 2.33. The number of nitrogens with zero attached hydrogens (tertiary/aromatic N) is 1. The van der Waals surface area contributed by atoms with E-state index in [0.717, 1.165) is 15.7 Å². The third kappa shape index (κ3) is 2.70. The molecule has 2 amide bonds. The van der Waals surface area contributed by atoms with Crippen LogP contribution in [0.1, 0.15) is 20.7 Å². The Morgan fingerprint density at radius 1 is 0.594 bits per heavy atom. The van der Waals surface area contributed by atoms with Crippen molar-refractivity contribution < 1.29 is 22.8 Å². The molecule has 6 heteroatoms. The van der Waals surface area contributed by atoms with E-state index in [1.807, 2.05) is 48.5 Å². The standard InChI is InChI=1S/C26H14FNO4/c27-15-9-11-16(12-10-15)28-25(29)19-13-23-24(14-20(19)26(28)30)32-22-8-4-2-6-18(22)17-5-1-3-7-21(17)31-23/h1-14H. The molecule has 6 rings (SSSR count). The van der Waals surface area contributed by atoms with Crippen LogP contribution in [0, 0.1) is 5.82 Å². The maximum Gasteiger partial charge on any atom is 0.266 e. The SMILES string of the molecule is O=C1c2cc3oc4ccccc4c4ccccc4oc3cc2C(=O)N1c1ccc(F)cc1. The smallest absolute Gasteiger partial charge is 0.266 e. The zero-order chi connectivity index (χ0) is 21.8. The lowest BCUT2D eigenvalue weighted by atomic mass is 10.1. The summed E-state index contributed by atoms with van der Waals surface area (Å²) in [7, 11) is 0. The van der Waals surface area contributed by atoms with Crippen LogP contribution in [0.2, 0.25) is 0 Å². The lowest BCUT2D eigenvalue weighted by molar-refractivity contribution is 0.0926. The third-order valence-electron chi connectivity index (χ3n) is 5.54. The molecule has 0 bridgehead atoms. The van der Waals surface area contributed by atoms with E-state index < -0.39 is 17.6 Å². The fourth-order valence-electron chi connectivity index (χ4n) is 4.02. The number of hydrogen-bond acceptors (Lipinski definition) is 4. The number of halogens is 1. The van der Waals surface area contributed by atoms with Crippen LogP contribution < -0.4 is 4.90 Å². The van der Waals surface area contributed by atoms with Crippen molar-refractivity contribution in [3.8, 4) is 0 Å². The molecule has 0 N–H and O–H groups in total. The highest BCUT2D eigenvalue weighted by molar-refractivity contribution is 6.35. The molecule has 32 heavy (non-hydrogen) atoms. The van der Waals surface area contributed by atoms with E-state index in [2.05, 4.69) is 0 Å². The third-order valence-corrected chi connectivity index (χ3v) is 5.54. The molecule has 0 radical (unpaired) electrons. The first-order chi connectivity index (χ1) is 15.6. The van der Waals surface area contributed by atoms with E-state index in [9.17, 15) is 14.0 Å². The van der Waals surface area contributed by atoms with Gasteiger partial charge >= 0.3 is 0 Å². The second-order valence-corrected chi connectivity index (χ2v) is 7.46. The molecule has 5 nitrogen and oxygen atoms in total. The molecule has 1 aliphatic heterocycles. The van der Waals surface area contributed by atoms with Crippen molar-refractivity contribution in [2.45, 2.75) is 0 Å². The molecule has 0 aliphatic carbocycles. The molecule has 1 aromatic heterocycles. The molecule has 0 spiro atoms. The van der Waals surface area contributed by atoms with Gasteiger partial charge in [-0.25, -0.2) is 9.29 Å². The van der Waals surface area contributed by atoms with Gasteiger partial charge < -0.3 is 8.83 Å². The van der Waals surface area contributed by atoms with Crippen LogP contribution in [-0.2, 0) is 0 Å². The van der Waals surface area contributed by atoms with E-state index in [4.69, 9.17) is 8.83 Å². The van der Waals surface area contributed by atoms with Gasteiger partial charge in [0.15, 0.2) is 11.2 Å². The molecule has 0 saturated carbocycles. The van der Waals surface area contributed by atoms with Crippen molar-refractivity contribution in [1.29, 1.82) is 0 Å². The summed E-state index contributed by atoms with van der Waals surface area (Å²) < 4.78 is 25.6. The second-order valence-electron chi connectivity index (χ2n) is 7.46. The normalized spacial score (nSPS) is 13.2. The quantitative estimate of drug-likeness (QED) is 0.293. The summed E-state index contributed by atoms with van der Waals surface area (Å²) in [4.78, 5) is 27.2. The van der Waals surface area contributed by atoms with Gasteiger partial charge in [-0.3, -0.25) is 9.59 Å². The monoisotopic (exact) mass is 423 g/mol. The molecule has 5 aromatic rings. The van der Waals surface area contributed by atoms with Crippen molar-refractivity contribution in [1.82, 2.24) is 0 Å². The van der Waals surface area contributed by atoms with E-state index in [1.54, 1.807) is 0 Å². The van der Waals surface area contributed by atoms with Gasteiger partial charge in [0.05, 0.1) is 16.8 Å². The average Bonchev–Trinajstić information content (AvgIpc) is 3.03. The summed E-state index contributed by atoms with van der Waals surface area (Å²) in [6, 6.07) is 23.3. The minimum absolute atomic E-state index is 0.202. The minimum atomic E-state index is -0.501. The van der Waals surface area contributed by atoms with Crippen molar-refractivity contribution in [2.24, 2.45) is 0 Å². The molecule has 1 aliphatic rings. The van der Waals surface area contributed by atoms with Crippen LogP contribution in [0.3, 0.4) is 0 Å². The zero-order valence-corrected chi connectivity index (χ0v) is 16.5. The van der Waals surface area contributed by atoms with Gasteiger partial charge in [0, 0.05) is 10.8 Å². The number of carbonyl (C=O) groups excluding carboxylic acids is 2. The van der Waals surface area contributed by atoms with Gasteiger partial charge in [-0.15, -0.1) is 0 Å². The Kier molecular flexibility index (Phi) is 3.89. The molecular formula is C26H14FNO4. The van der Waals surface area contributed by atoms with E-state index in [1.165, 1.54) is 36.4 Å². The number of benzene rings is 4. The number of para-hydroxylation sites is 2. The summed E-state index contributed by atoms with van der Waals surface area (Å²) in [5.41, 5.74) is 2.57. The summed E-state index contributed by atoms with van der Waals surface area (Å²) in [5.74, 6) is -1.45. The molecule has 0 saturated heterocycles. The summed E-state index contributed by atoms with van der Waals surface area (Å²) in [5, 5.41) is 1.70. The highest BCUT2D eigenvalue weighted by atomic mass is 19.1. The van der Waals surface area contributed by atoms with Gasteiger partial charge in [-0.1, -0.05) is 36.4 Å². The number of amides is 2. The number of hydrogen-bond donors (Lipinski definition) is 0. The molecule has 154 valence electrons. The number of fused-ring (bicyclic) bond motifs is 5. The van der Waals surface area contributed by atoms with Crippen LogP contribution in [0.5, 0.6) is 0 Å². The Labute approximate surface area is 180 Å². The maximum absolute atomic E-state index is 13.3. The Morgan fingerprint density at radius 2 is 1.06 bits per heavy atom. The molecule has 0 fully saturated rings. The Hall–Kier alpha value is -4.45. The van der Waals surface area contributed by atoms with E-state index in [0.29, 0.717) is 28.0 Å². The molecule has 0 unspecified atom stereocenters. The Bertz CT molecular complexity index is 1530. The predicted octanol–water partition coefficient (Wildman–Crippen LogP) is 6.40. The summed E-state index contributed by atoms with van der Waals surface area (Å²) >= 11 is 0. The number of imide groups is 1. The average molecular weight is 423 g/mol. The Balaban J connectivity index is 1.65. The van der Waals surface area contributed by atoms with Crippen LogP contribution in [0.25, 0.3) is 33.1 Å². The Morgan fingerprint density at radius 3 is 1.56 bits per heavy atom. The fourth-order valence-corrected chi connectivity index (χ4v) is 4.02. The lowest BCUT2D eigenvalue weighted by Crippen LogP contribution is -2.29. The van der Waals surface area contributed by atoms with Crippen molar-refractivity contribution in [3.05, 3.63) is 102 Å². The van der Waals surface area contributed by atoms with Crippen LogP contribution in [-0.4, -0.2) is 11.8 Å². The summed E-state index contributed by atoms with van der Waals surface area (Å²) in [6.45, 7) is 0. The van der Waals surface area contributed by atoms with Gasteiger partial charge in [0.1, 0.15) is 17.0 Å². The highest BCUT2D eigenvalue weighted by Gasteiger charge is 2.37. The first kappa shape index (κ1) is 18.3. The van der Waals surface area contributed by atoms with Crippen molar-refractivity contribution in [3.63, 3.8) is 0 Å². The largest absolute Gasteiger partial charge is 0.453 e. The number of anilines is 1. The number of carbonyl (C=O) groups is 2. The zero-order valence-electron chi connectivity index (χ0n) is 16.5. The first-order valence-corrected chi connectivity index (χ1v) is 9.97. The second kappa shape index (κ2) is 6.78. The topological polar surface area (TPSA) is 63.7 Å². The van der Waals surface area contributed by atoms with E-state index >= 15 is 0 Å². The molecule has 2 heterocycles. The molecule has 0 atom stereocenters. The van der Waals surface area contributed by atoms with E-state index in [-0.39, 0.29) is 11.1 Å². The van der Waals surface area contributed by atoms with Gasteiger partial charge in [0.25, 0.3) is 11.8 Å². The fraction of sp³-hybridized carbons (Fsp3) is 0. The molecule has 4 aromatic carbocycles. The number of rotatable bonds is 1. The van der Waals surface area contributed by atoms with Crippen LogP contribution >= 0.6 is 0 Å². The lowest BCUT2D eigenvalue weighted by Gasteiger charge is -2.13.